The molecule has 22 heavy (non-hydrogen) atoms. The van der Waals surface area contributed by atoms with Crippen molar-refractivity contribution in [2.75, 3.05) is 0 Å². The Kier molecular flexibility index (Phi) is 10.9. The van der Waals surface area contributed by atoms with Crippen molar-refractivity contribution in [3.63, 3.8) is 0 Å². The van der Waals surface area contributed by atoms with E-state index >= 15 is 0 Å². The highest BCUT2D eigenvalue weighted by molar-refractivity contribution is 4.67. The van der Waals surface area contributed by atoms with Crippen LogP contribution in [0.1, 0.15) is 96.7 Å². The molecule has 128 valence electrons. The van der Waals surface area contributed by atoms with E-state index in [1.165, 1.54) is 77.0 Å². The lowest BCUT2D eigenvalue weighted by Gasteiger charge is -2.16. The second-order valence-corrected chi connectivity index (χ2v) is 6.64. The van der Waals surface area contributed by atoms with Crippen LogP contribution in [0, 0.1) is 12.8 Å². The fourth-order valence-electron chi connectivity index (χ4n) is 3.07. The van der Waals surface area contributed by atoms with Gasteiger partial charge in [0.1, 0.15) is 0 Å². The molecule has 4 heteroatoms. The van der Waals surface area contributed by atoms with Gasteiger partial charge in [-0.1, -0.05) is 84.5 Å². The van der Waals surface area contributed by atoms with Crippen LogP contribution >= 0.6 is 0 Å². The number of aromatic nitrogens is 4. The summed E-state index contributed by atoms with van der Waals surface area (Å²) in [4.78, 5) is 1.74. The Morgan fingerprint density at radius 3 is 2.09 bits per heavy atom. The second-order valence-electron chi connectivity index (χ2n) is 6.64. The molecule has 0 spiro atoms. The van der Waals surface area contributed by atoms with E-state index in [2.05, 4.69) is 29.3 Å². The zero-order valence-electron chi connectivity index (χ0n) is 15.1. The monoisotopic (exact) mass is 308 g/mol. The van der Waals surface area contributed by atoms with Crippen LogP contribution in [0.15, 0.2) is 0 Å². The number of hydrogen-bond acceptors (Lipinski definition) is 3. The van der Waals surface area contributed by atoms with Gasteiger partial charge in [0.05, 0.1) is 6.54 Å². The first-order chi connectivity index (χ1) is 10.8. The van der Waals surface area contributed by atoms with Crippen molar-refractivity contribution in [1.82, 2.24) is 20.2 Å². The van der Waals surface area contributed by atoms with Gasteiger partial charge >= 0.3 is 0 Å². The van der Waals surface area contributed by atoms with E-state index in [4.69, 9.17) is 0 Å². The fraction of sp³-hybridized carbons (Fsp3) is 0.944. The lowest BCUT2D eigenvalue weighted by atomic mass is 9.90. The van der Waals surface area contributed by atoms with Gasteiger partial charge in [-0.3, -0.25) is 0 Å². The van der Waals surface area contributed by atoms with Crippen LogP contribution in [0.25, 0.3) is 0 Å². The third-order valence-electron chi connectivity index (χ3n) is 4.46. The maximum Gasteiger partial charge on any atom is 0.171 e. The first-order valence-corrected chi connectivity index (χ1v) is 9.50. The van der Waals surface area contributed by atoms with Gasteiger partial charge in [0.15, 0.2) is 5.82 Å². The SMILES string of the molecule is CCCCCCCC(CCCC)CCCCn1nnc(C)n1. The Balaban J connectivity index is 2.13. The van der Waals surface area contributed by atoms with Gasteiger partial charge in [-0.05, 0) is 24.5 Å². The van der Waals surface area contributed by atoms with Crippen LogP contribution in [-0.2, 0) is 6.54 Å². The van der Waals surface area contributed by atoms with Crippen molar-refractivity contribution < 1.29 is 0 Å². The van der Waals surface area contributed by atoms with E-state index < -0.39 is 0 Å². The molecule has 0 fully saturated rings. The van der Waals surface area contributed by atoms with E-state index in [1.54, 1.807) is 4.80 Å². The third-order valence-corrected chi connectivity index (χ3v) is 4.46. The summed E-state index contributed by atoms with van der Waals surface area (Å²) in [6.07, 6.45) is 16.5. The summed E-state index contributed by atoms with van der Waals surface area (Å²) in [7, 11) is 0. The van der Waals surface area contributed by atoms with Crippen LogP contribution in [0.4, 0.5) is 0 Å². The van der Waals surface area contributed by atoms with Crippen molar-refractivity contribution in [1.29, 1.82) is 0 Å². The quantitative estimate of drug-likeness (QED) is 0.437. The highest BCUT2D eigenvalue weighted by atomic mass is 15.6. The van der Waals surface area contributed by atoms with Gasteiger partial charge in [0.2, 0.25) is 0 Å². The minimum atomic E-state index is 0.771. The molecule has 0 aliphatic heterocycles. The average Bonchev–Trinajstić information content (AvgIpc) is 2.93. The van der Waals surface area contributed by atoms with Crippen molar-refractivity contribution in [3.05, 3.63) is 5.82 Å². The summed E-state index contributed by atoms with van der Waals surface area (Å²) in [6, 6.07) is 0. The molecular weight excluding hydrogens is 272 g/mol. The van der Waals surface area contributed by atoms with Crippen LogP contribution in [-0.4, -0.2) is 20.2 Å². The van der Waals surface area contributed by atoms with Gasteiger partial charge in [-0.2, -0.15) is 4.80 Å². The summed E-state index contributed by atoms with van der Waals surface area (Å²) in [6.45, 7) is 7.40. The topological polar surface area (TPSA) is 43.6 Å². The third kappa shape index (κ3) is 9.16. The van der Waals surface area contributed by atoms with Gasteiger partial charge in [-0.25, -0.2) is 0 Å². The average molecular weight is 309 g/mol. The van der Waals surface area contributed by atoms with Crippen molar-refractivity contribution in [2.24, 2.45) is 5.92 Å². The van der Waals surface area contributed by atoms with E-state index in [0.717, 1.165) is 18.3 Å². The number of tetrazole rings is 1. The van der Waals surface area contributed by atoms with E-state index in [9.17, 15) is 0 Å². The predicted molar refractivity (Wildman–Crippen MR) is 92.8 cm³/mol. The first kappa shape index (κ1) is 19.1. The van der Waals surface area contributed by atoms with Crippen molar-refractivity contribution in [2.45, 2.75) is 104 Å². The number of aryl methyl sites for hydroxylation is 2. The maximum atomic E-state index is 4.25. The summed E-state index contributed by atoms with van der Waals surface area (Å²) in [5, 5.41) is 12.2. The van der Waals surface area contributed by atoms with Gasteiger partial charge in [0, 0.05) is 0 Å². The number of nitrogens with zero attached hydrogens (tertiary/aromatic N) is 4. The Hall–Kier alpha value is -0.930. The summed E-state index contributed by atoms with van der Waals surface area (Å²) >= 11 is 0. The molecule has 1 atom stereocenters. The summed E-state index contributed by atoms with van der Waals surface area (Å²) < 4.78 is 0. The highest BCUT2D eigenvalue weighted by Crippen LogP contribution is 2.23. The molecule has 0 aliphatic carbocycles. The lowest BCUT2D eigenvalue weighted by Crippen LogP contribution is -2.05. The summed E-state index contributed by atoms with van der Waals surface area (Å²) in [5.41, 5.74) is 0. The number of unbranched alkanes of at least 4 members (excludes halogenated alkanes) is 6. The molecule has 1 rings (SSSR count). The molecule has 1 aromatic heterocycles. The minimum Gasteiger partial charge on any atom is -0.164 e. The molecular formula is C18H36N4. The highest BCUT2D eigenvalue weighted by Gasteiger charge is 2.08. The minimum absolute atomic E-state index is 0.771. The Morgan fingerprint density at radius 1 is 0.818 bits per heavy atom. The molecule has 1 heterocycles. The largest absolute Gasteiger partial charge is 0.171 e. The molecule has 4 nitrogen and oxygen atoms in total. The molecule has 0 aromatic carbocycles. The normalized spacial score (nSPS) is 12.7. The molecule has 0 aliphatic rings. The first-order valence-electron chi connectivity index (χ1n) is 9.50. The predicted octanol–water partition coefficient (Wildman–Crippen LogP) is 5.32. The van der Waals surface area contributed by atoms with E-state index in [0.29, 0.717) is 0 Å². The van der Waals surface area contributed by atoms with Crippen LogP contribution in [0.5, 0.6) is 0 Å². The maximum absolute atomic E-state index is 4.25. The van der Waals surface area contributed by atoms with Gasteiger partial charge in [0.25, 0.3) is 0 Å². The molecule has 0 saturated heterocycles. The molecule has 0 amide bonds. The smallest absolute Gasteiger partial charge is 0.164 e. The molecule has 0 radical (unpaired) electrons. The molecule has 0 saturated carbocycles. The van der Waals surface area contributed by atoms with Crippen LogP contribution in [0.2, 0.25) is 0 Å². The zero-order valence-corrected chi connectivity index (χ0v) is 15.1. The summed E-state index contributed by atoms with van der Waals surface area (Å²) in [5.74, 6) is 1.71. The standard InChI is InChI=1S/C18H36N4/c1-4-6-8-9-10-14-18(13-7-5-2)15-11-12-16-22-20-17(3)19-21-22/h18H,4-16H2,1-3H3. The Bertz CT molecular complexity index is 362. The second kappa shape index (κ2) is 12.6. The van der Waals surface area contributed by atoms with Crippen molar-refractivity contribution in [3.8, 4) is 0 Å². The van der Waals surface area contributed by atoms with Gasteiger partial charge in [-0.15, -0.1) is 10.2 Å². The molecule has 0 N–H and O–H groups in total. The van der Waals surface area contributed by atoms with Crippen LogP contribution < -0.4 is 0 Å². The Morgan fingerprint density at radius 2 is 1.45 bits per heavy atom. The molecule has 1 aromatic rings. The molecule has 1 unspecified atom stereocenters. The number of rotatable bonds is 14. The van der Waals surface area contributed by atoms with E-state index in [-0.39, 0.29) is 0 Å². The fourth-order valence-corrected chi connectivity index (χ4v) is 3.07. The van der Waals surface area contributed by atoms with E-state index in [1.807, 2.05) is 6.92 Å². The number of hydrogen-bond donors (Lipinski definition) is 0. The van der Waals surface area contributed by atoms with Gasteiger partial charge < -0.3 is 0 Å². The molecule has 0 bridgehead atoms. The lowest BCUT2D eigenvalue weighted by molar-refractivity contribution is 0.363. The Labute approximate surface area is 137 Å². The van der Waals surface area contributed by atoms with Crippen LogP contribution in [0.3, 0.4) is 0 Å². The van der Waals surface area contributed by atoms with Crippen molar-refractivity contribution >= 4 is 0 Å². The zero-order chi connectivity index (χ0) is 16.0.